The number of carbonyl (C=O) groups is 3. The van der Waals surface area contributed by atoms with Crippen molar-refractivity contribution in [3.05, 3.63) is 71.3 Å². The van der Waals surface area contributed by atoms with Gasteiger partial charge < -0.3 is 15.9 Å². The molecule has 2 aromatic carbocycles. The summed E-state index contributed by atoms with van der Waals surface area (Å²) in [5, 5.41) is 6.47. The van der Waals surface area contributed by atoms with Gasteiger partial charge in [0.2, 0.25) is 5.91 Å². The van der Waals surface area contributed by atoms with Crippen LogP contribution in [0.2, 0.25) is 0 Å². The number of benzene rings is 2. The van der Waals surface area contributed by atoms with Gasteiger partial charge in [0, 0.05) is 24.8 Å². The first-order valence-electron chi connectivity index (χ1n) is 11.3. The van der Waals surface area contributed by atoms with Gasteiger partial charge in [-0.15, -0.1) is 0 Å². The van der Waals surface area contributed by atoms with Crippen molar-refractivity contribution in [3.8, 4) is 0 Å². The van der Waals surface area contributed by atoms with Crippen LogP contribution in [-0.4, -0.2) is 29.5 Å². The van der Waals surface area contributed by atoms with E-state index in [2.05, 4.69) is 27.4 Å². The summed E-state index contributed by atoms with van der Waals surface area (Å²) >= 11 is 0. The van der Waals surface area contributed by atoms with Gasteiger partial charge in [0.25, 0.3) is 0 Å². The first-order valence-corrected chi connectivity index (χ1v) is 11.3. The molecule has 2 aromatic rings. The van der Waals surface area contributed by atoms with Crippen LogP contribution in [0.25, 0.3) is 0 Å². The molecule has 0 aromatic heterocycles. The van der Waals surface area contributed by atoms with E-state index in [9.17, 15) is 14.4 Å². The zero-order valence-corrected chi connectivity index (χ0v) is 19.1. The van der Waals surface area contributed by atoms with Crippen molar-refractivity contribution in [1.82, 2.24) is 5.32 Å². The molecule has 0 spiro atoms. The highest BCUT2D eigenvalue weighted by atomic mass is 16.7. The number of carbonyl (C=O) groups excluding carboxylic acids is 3. The van der Waals surface area contributed by atoms with E-state index in [0.29, 0.717) is 24.3 Å². The lowest BCUT2D eigenvalue weighted by Gasteiger charge is -2.17. The first kappa shape index (κ1) is 24.2. The van der Waals surface area contributed by atoms with E-state index in [-0.39, 0.29) is 23.4 Å². The normalized spacial score (nSPS) is 19.0. The fourth-order valence-corrected chi connectivity index (χ4v) is 4.15. The fourth-order valence-electron chi connectivity index (χ4n) is 4.15. The largest absolute Gasteiger partial charge is 0.380 e. The highest BCUT2D eigenvalue weighted by Crippen LogP contribution is 2.38. The maximum atomic E-state index is 12.7. The Kier molecular flexibility index (Phi) is 8.35. The lowest BCUT2D eigenvalue weighted by atomic mass is 9.96. The Morgan fingerprint density at radius 1 is 1.09 bits per heavy atom. The molecule has 1 aliphatic rings. The number of amides is 1. The summed E-state index contributed by atoms with van der Waals surface area (Å²) in [7, 11) is 0. The molecule has 0 radical (unpaired) electrons. The second kappa shape index (κ2) is 11.4. The molecule has 0 saturated heterocycles. The number of amidine groups is 1. The standard InChI is InChI=1S/C26H31N3O4/c1-17(28-26(32)23-14-13-22(16-23)20-6-4-3-5-7-20)24(31)15-10-19-8-11-21(12-9-19)25(27)29-33-18(2)30/h3-9,11-12,17,22-23H,10,13-16H2,1-2H3,(H2,27,29)(H,28,32)/t17-,22+,23+/m0/s1. The number of nitrogens with zero attached hydrogens (tertiary/aromatic N) is 1. The van der Waals surface area contributed by atoms with Crippen LogP contribution in [-0.2, 0) is 25.6 Å². The van der Waals surface area contributed by atoms with E-state index in [1.54, 1.807) is 19.1 Å². The van der Waals surface area contributed by atoms with Gasteiger partial charge in [-0.05, 0) is 49.7 Å². The molecule has 0 aliphatic heterocycles. The molecule has 0 unspecified atom stereocenters. The smallest absolute Gasteiger partial charge is 0.332 e. The molecule has 7 heteroatoms. The Labute approximate surface area is 194 Å². The molecule has 1 saturated carbocycles. The molecule has 1 fully saturated rings. The Morgan fingerprint density at radius 3 is 2.45 bits per heavy atom. The van der Waals surface area contributed by atoms with Crippen LogP contribution in [0, 0.1) is 5.92 Å². The van der Waals surface area contributed by atoms with Crippen molar-refractivity contribution in [2.24, 2.45) is 16.8 Å². The van der Waals surface area contributed by atoms with Gasteiger partial charge >= 0.3 is 5.97 Å². The molecule has 3 N–H and O–H groups in total. The van der Waals surface area contributed by atoms with E-state index in [0.717, 1.165) is 24.8 Å². The Morgan fingerprint density at radius 2 is 1.79 bits per heavy atom. The molecular formula is C26H31N3O4. The van der Waals surface area contributed by atoms with E-state index >= 15 is 0 Å². The summed E-state index contributed by atoms with van der Waals surface area (Å²) in [5.74, 6) is -0.105. The van der Waals surface area contributed by atoms with E-state index in [1.807, 2.05) is 30.3 Å². The molecule has 1 amide bonds. The van der Waals surface area contributed by atoms with Gasteiger partial charge in [0.05, 0.1) is 6.04 Å². The van der Waals surface area contributed by atoms with Crippen LogP contribution in [0.1, 0.15) is 62.1 Å². The lowest BCUT2D eigenvalue weighted by molar-refractivity contribution is -0.141. The van der Waals surface area contributed by atoms with Crippen molar-refractivity contribution >= 4 is 23.5 Å². The summed E-state index contributed by atoms with van der Waals surface area (Å²) in [6, 6.07) is 17.0. The first-order chi connectivity index (χ1) is 15.8. The number of nitrogens with one attached hydrogen (secondary N) is 1. The van der Waals surface area contributed by atoms with E-state index in [1.165, 1.54) is 12.5 Å². The van der Waals surface area contributed by atoms with Gasteiger partial charge in [-0.2, -0.15) is 0 Å². The van der Waals surface area contributed by atoms with Crippen LogP contribution >= 0.6 is 0 Å². The monoisotopic (exact) mass is 449 g/mol. The molecule has 1 aliphatic carbocycles. The van der Waals surface area contributed by atoms with E-state index in [4.69, 9.17) is 5.73 Å². The van der Waals surface area contributed by atoms with Crippen molar-refractivity contribution in [1.29, 1.82) is 0 Å². The maximum absolute atomic E-state index is 12.7. The zero-order valence-electron chi connectivity index (χ0n) is 19.1. The van der Waals surface area contributed by atoms with Gasteiger partial charge in [0.15, 0.2) is 11.6 Å². The van der Waals surface area contributed by atoms with Gasteiger partial charge in [0.1, 0.15) is 0 Å². The highest BCUT2D eigenvalue weighted by Gasteiger charge is 2.31. The van der Waals surface area contributed by atoms with Gasteiger partial charge in [-0.25, -0.2) is 4.79 Å². The van der Waals surface area contributed by atoms with Crippen molar-refractivity contribution < 1.29 is 19.2 Å². The Bertz CT molecular complexity index is 1000. The summed E-state index contributed by atoms with van der Waals surface area (Å²) < 4.78 is 0. The second-order valence-electron chi connectivity index (χ2n) is 8.57. The minimum absolute atomic E-state index is 0.000896. The minimum Gasteiger partial charge on any atom is -0.380 e. The van der Waals surface area contributed by atoms with Crippen molar-refractivity contribution in [2.75, 3.05) is 0 Å². The summed E-state index contributed by atoms with van der Waals surface area (Å²) in [6.45, 7) is 2.99. The molecule has 3 atom stereocenters. The van der Waals surface area contributed by atoms with Gasteiger partial charge in [-0.1, -0.05) is 59.8 Å². The number of hydrogen-bond donors (Lipinski definition) is 2. The lowest BCUT2D eigenvalue weighted by Crippen LogP contribution is -2.41. The average molecular weight is 450 g/mol. The number of rotatable bonds is 9. The maximum Gasteiger partial charge on any atom is 0.332 e. The number of nitrogens with two attached hydrogens (primary N) is 1. The van der Waals surface area contributed by atoms with Gasteiger partial charge in [-0.3, -0.25) is 9.59 Å². The molecule has 0 bridgehead atoms. The third kappa shape index (κ3) is 7.00. The van der Waals surface area contributed by atoms with Crippen LogP contribution in [0.15, 0.2) is 59.8 Å². The van der Waals surface area contributed by atoms with Crippen molar-refractivity contribution in [2.45, 2.75) is 57.9 Å². The topological polar surface area (TPSA) is 111 Å². The number of aryl methyl sites for hydroxylation is 1. The summed E-state index contributed by atoms with van der Waals surface area (Å²) in [4.78, 5) is 40.6. The predicted octanol–water partition coefficient (Wildman–Crippen LogP) is 3.46. The quantitative estimate of drug-likeness (QED) is 0.264. The number of oxime groups is 1. The van der Waals surface area contributed by atoms with Crippen LogP contribution < -0.4 is 11.1 Å². The third-order valence-corrected chi connectivity index (χ3v) is 6.10. The zero-order chi connectivity index (χ0) is 23.8. The molecule has 3 rings (SSSR count). The third-order valence-electron chi connectivity index (χ3n) is 6.10. The summed E-state index contributed by atoms with van der Waals surface area (Å²) in [6.07, 6.45) is 3.56. The molecular weight excluding hydrogens is 418 g/mol. The molecule has 33 heavy (non-hydrogen) atoms. The SMILES string of the molecule is CC(=O)O/N=C(\N)c1ccc(CCC(=O)[C@H](C)NC(=O)[C@@H]2CC[C@@H](c3ccccc3)C2)cc1. The Hall–Kier alpha value is -3.48. The van der Waals surface area contributed by atoms with E-state index < -0.39 is 12.0 Å². The minimum atomic E-state index is -0.543. The van der Waals surface area contributed by atoms with Crippen LogP contribution in [0.3, 0.4) is 0 Å². The van der Waals surface area contributed by atoms with Crippen LogP contribution in [0.5, 0.6) is 0 Å². The molecule has 0 heterocycles. The molecule has 174 valence electrons. The summed E-state index contributed by atoms with van der Waals surface area (Å²) in [5.41, 5.74) is 8.64. The number of Topliss-reactive ketones (excluding diaryl/α,β-unsaturated/α-hetero) is 1. The number of ketones is 1. The predicted molar refractivity (Wildman–Crippen MR) is 126 cm³/mol. The van der Waals surface area contributed by atoms with Crippen molar-refractivity contribution in [3.63, 3.8) is 0 Å². The average Bonchev–Trinajstić information content (AvgIpc) is 3.32. The Balaban J connectivity index is 1.44. The fraction of sp³-hybridized carbons (Fsp3) is 0.385. The van der Waals surface area contributed by atoms with Crippen LogP contribution in [0.4, 0.5) is 0 Å². The second-order valence-corrected chi connectivity index (χ2v) is 8.57. The highest BCUT2D eigenvalue weighted by molar-refractivity contribution is 5.97. The molecule has 7 nitrogen and oxygen atoms in total. The number of hydrogen-bond acceptors (Lipinski definition) is 5.